The first-order valence-corrected chi connectivity index (χ1v) is 9.20. The van der Waals surface area contributed by atoms with Crippen LogP contribution >= 0.6 is 11.3 Å². The molecule has 0 bridgehead atoms. The van der Waals surface area contributed by atoms with Gasteiger partial charge in [0.15, 0.2) is 5.13 Å². The van der Waals surface area contributed by atoms with Crippen molar-refractivity contribution in [3.05, 3.63) is 10.6 Å². The molecule has 21 heavy (non-hydrogen) atoms. The number of anilines is 1. The van der Waals surface area contributed by atoms with Crippen LogP contribution in [-0.2, 0) is 12.0 Å². The van der Waals surface area contributed by atoms with E-state index in [1.807, 2.05) is 0 Å². The summed E-state index contributed by atoms with van der Waals surface area (Å²) in [6, 6.07) is 0.693. The fraction of sp³-hybridized carbons (Fsp3) is 0.824. The molecule has 1 unspecified atom stereocenters. The molecule has 1 aromatic heterocycles. The lowest BCUT2D eigenvalue weighted by molar-refractivity contribution is 0.282. The summed E-state index contributed by atoms with van der Waals surface area (Å²) < 4.78 is 0. The Hall–Kier alpha value is -0.610. The first-order chi connectivity index (χ1) is 10.0. The minimum atomic E-state index is 0.00932. The highest BCUT2D eigenvalue weighted by Gasteiger charge is 2.35. The normalized spacial score (nSPS) is 24.2. The van der Waals surface area contributed by atoms with Crippen molar-refractivity contribution in [1.29, 1.82) is 0 Å². The first kappa shape index (κ1) is 15.3. The van der Waals surface area contributed by atoms with Crippen molar-refractivity contribution < 1.29 is 5.11 Å². The second kappa shape index (κ2) is 5.88. The van der Waals surface area contributed by atoms with Gasteiger partial charge in [-0.1, -0.05) is 44.9 Å². The SMILES string of the molecule is CC(C)(C)c1nc(N2CCCC2C2CCCC2)sc1CO. The average molecular weight is 308 g/mol. The molecule has 0 spiro atoms. The molecule has 118 valence electrons. The van der Waals surface area contributed by atoms with E-state index in [1.54, 1.807) is 11.3 Å². The average Bonchev–Trinajstić information content (AvgIpc) is 3.16. The van der Waals surface area contributed by atoms with Crippen molar-refractivity contribution in [2.45, 2.75) is 77.4 Å². The number of aliphatic hydroxyl groups excluding tert-OH is 1. The highest BCUT2D eigenvalue weighted by molar-refractivity contribution is 7.15. The molecule has 3 rings (SSSR count). The smallest absolute Gasteiger partial charge is 0.186 e. The highest BCUT2D eigenvalue weighted by Crippen LogP contribution is 2.41. The van der Waals surface area contributed by atoms with Crippen LogP contribution in [0.3, 0.4) is 0 Å². The van der Waals surface area contributed by atoms with Crippen LogP contribution in [-0.4, -0.2) is 22.7 Å². The van der Waals surface area contributed by atoms with Crippen molar-refractivity contribution >= 4 is 16.5 Å². The summed E-state index contributed by atoms with van der Waals surface area (Å²) in [5.74, 6) is 0.868. The molecule has 0 amide bonds. The van der Waals surface area contributed by atoms with E-state index >= 15 is 0 Å². The van der Waals surface area contributed by atoms with Gasteiger partial charge in [-0.25, -0.2) is 4.98 Å². The third kappa shape index (κ3) is 2.98. The zero-order valence-electron chi connectivity index (χ0n) is 13.6. The molecule has 0 aromatic carbocycles. The largest absolute Gasteiger partial charge is 0.391 e. The van der Waals surface area contributed by atoms with Gasteiger partial charge in [-0.3, -0.25) is 0 Å². The summed E-state index contributed by atoms with van der Waals surface area (Å²) in [5.41, 5.74) is 1.09. The van der Waals surface area contributed by atoms with E-state index < -0.39 is 0 Å². The van der Waals surface area contributed by atoms with E-state index in [0.29, 0.717) is 6.04 Å². The molecule has 2 heterocycles. The Bertz CT molecular complexity index is 485. The highest BCUT2D eigenvalue weighted by atomic mass is 32.1. The number of hydrogen-bond acceptors (Lipinski definition) is 4. The maximum Gasteiger partial charge on any atom is 0.186 e. The maximum atomic E-state index is 9.67. The maximum absolute atomic E-state index is 9.67. The minimum Gasteiger partial charge on any atom is -0.391 e. The van der Waals surface area contributed by atoms with Crippen molar-refractivity contribution in [2.75, 3.05) is 11.4 Å². The van der Waals surface area contributed by atoms with Gasteiger partial charge in [-0.05, 0) is 31.6 Å². The Balaban J connectivity index is 1.87. The van der Waals surface area contributed by atoms with E-state index in [2.05, 4.69) is 25.7 Å². The third-order valence-electron chi connectivity index (χ3n) is 5.03. The molecule has 0 radical (unpaired) electrons. The Kier molecular flexibility index (Phi) is 4.28. The van der Waals surface area contributed by atoms with Crippen LogP contribution < -0.4 is 4.90 Å². The lowest BCUT2D eigenvalue weighted by atomic mass is 9.91. The molecule has 3 nitrogen and oxygen atoms in total. The predicted octanol–water partition coefficient (Wildman–Crippen LogP) is 4.09. The van der Waals surface area contributed by atoms with E-state index in [4.69, 9.17) is 4.98 Å². The monoisotopic (exact) mass is 308 g/mol. The van der Waals surface area contributed by atoms with E-state index in [1.165, 1.54) is 38.5 Å². The van der Waals surface area contributed by atoms with Gasteiger partial charge in [-0.2, -0.15) is 0 Å². The predicted molar refractivity (Wildman–Crippen MR) is 89.1 cm³/mol. The van der Waals surface area contributed by atoms with Gasteiger partial charge < -0.3 is 10.0 Å². The second-order valence-electron chi connectivity index (χ2n) is 7.62. The zero-order chi connectivity index (χ0) is 15.0. The van der Waals surface area contributed by atoms with Gasteiger partial charge in [-0.15, -0.1) is 0 Å². The third-order valence-corrected chi connectivity index (χ3v) is 6.11. The van der Waals surface area contributed by atoms with Gasteiger partial charge in [0, 0.05) is 18.0 Å². The van der Waals surface area contributed by atoms with E-state index in [0.717, 1.165) is 28.2 Å². The molecule has 1 N–H and O–H groups in total. The van der Waals surface area contributed by atoms with Crippen molar-refractivity contribution in [3.8, 4) is 0 Å². The summed E-state index contributed by atoms with van der Waals surface area (Å²) in [4.78, 5) is 8.54. The summed E-state index contributed by atoms with van der Waals surface area (Å²) in [6.45, 7) is 7.81. The van der Waals surface area contributed by atoms with Gasteiger partial charge in [0.05, 0.1) is 17.2 Å². The molecular weight excluding hydrogens is 280 g/mol. The molecular formula is C17H28N2OS. The standard InChI is InChI=1S/C17H28N2OS/c1-17(2,3)15-14(11-20)21-16(18-15)19-10-6-9-13(19)12-7-4-5-8-12/h12-13,20H,4-11H2,1-3H3. The Morgan fingerprint density at radius 3 is 2.48 bits per heavy atom. The number of thiazole rings is 1. The minimum absolute atomic E-state index is 0.00932. The molecule has 1 atom stereocenters. The van der Waals surface area contributed by atoms with Crippen LogP contribution in [0.4, 0.5) is 5.13 Å². The van der Waals surface area contributed by atoms with Crippen LogP contribution in [0.2, 0.25) is 0 Å². The molecule has 1 aliphatic heterocycles. The lowest BCUT2D eigenvalue weighted by Crippen LogP contribution is -2.34. The van der Waals surface area contributed by atoms with Crippen LogP contribution in [0.5, 0.6) is 0 Å². The van der Waals surface area contributed by atoms with Gasteiger partial charge >= 0.3 is 0 Å². The number of hydrogen-bond donors (Lipinski definition) is 1. The van der Waals surface area contributed by atoms with E-state index in [-0.39, 0.29) is 12.0 Å². The fourth-order valence-electron chi connectivity index (χ4n) is 4.02. The zero-order valence-corrected chi connectivity index (χ0v) is 14.4. The van der Waals surface area contributed by atoms with Crippen LogP contribution in [0.15, 0.2) is 0 Å². The van der Waals surface area contributed by atoms with Crippen LogP contribution in [0.25, 0.3) is 0 Å². The Morgan fingerprint density at radius 1 is 1.19 bits per heavy atom. The number of aromatic nitrogens is 1. The Morgan fingerprint density at radius 2 is 1.90 bits per heavy atom. The van der Waals surface area contributed by atoms with Crippen molar-refractivity contribution in [2.24, 2.45) is 5.92 Å². The molecule has 1 aromatic rings. The second-order valence-corrected chi connectivity index (χ2v) is 8.69. The molecule has 1 saturated heterocycles. The molecule has 1 aliphatic carbocycles. The van der Waals surface area contributed by atoms with Crippen molar-refractivity contribution in [3.63, 3.8) is 0 Å². The summed E-state index contributed by atoms with van der Waals surface area (Å²) in [6.07, 6.45) is 8.21. The number of rotatable bonds is 3. The summed E-state index contributed by atoms with van der Waals surface area (Å²) in [7, 11) is 0. The topological polar surface area (TPSA) is 36.4 Å². The fourth-order valence-corrected chi connectivity index (χ4v) is 5.23. The van der Waals surface area contributed by atoms with Gasteiger partial charge in [0.25, 0.3) is 0 Å². The molecule has 1 saturated carbocycles. The van der Waals surface area contributed by atoms with Crippen LogP contribution in [0.1, 0.15) is 69.9 Å². The molecule has 2 aliphatic rings. The molecule has 4 heteroatoms. The number of aliphatic hydroxyl groups is 1. The number of nitrogens with zero attached hydrogens (tertiary/aromatic N) is 2. The Labute approximate surface area is 132 Å². The van der Waals surface area contributed by atoms with E-state index in [9.17, 15) is 5.11 Å². The van der Waals surface area contributed by atoms with Gasteiger partial charge in [0.1, 0.15) is 0 Å². The summed E-state index contributed by atoms with van der Waals surface area (Å²) in [5, 5.41) is 10.8. The quantitative estimate of drug-likeness (QED) is 0.913. The summed E-state index contributed by atoms with van der Waals surface area (Å²) >= 11 is 1.71. The molecule has 2 fully saturated rings. The van der Waals surface area contributed by atoms with Crippen LogP contribution in [0, 0.1) is 5.92 Å². The first-order valence-electron chi connectivity index (χ1n) is 8.38. The van der Waals surface area contributed by atoms with Crippen molar-refractivity contribution in [1.82, 2.24) is 4.98 Å². The lowest BCUT2D eigenvalue weighted by Gasteiger charge is -2.29. The van der Waals surface area contributed by atoms with Gasteiger partial charge in [0.2, 0.25) is 0 Å².